The molecule has 0 bridgehead atoms. The number of hydrogen-bond acceptors (Lipinski definition) is 4. The number of nitrogens with one attached hydrogen (secondary N) is 1. The number of methoxy groups -OCH3 is 1. The van der Waals surface area contributed by atoms with Crippen LogP contribution in [0.15, 0.2) is 48.5 Å². The maximum atomic E-state index is 13.7. The van der Waals surface area contributed by atoms with Crippen LogP contribution in [0.25, 0.3) is 0 Å². The van der Waals surface area contributed by atoms with Crippen molar-refractivity contribution < 1.29 is 14.3 Å². The molecule has 1 fully saturated rings. The van der Waals surface area contributed by atoms with E-state index in [9.17, 15) is 9.59 Å². The monoisotopic (exact) mass is 448 g/mol. The number of rotatable bonds is 7. The highest BCUT2D eigenvalue weighted by atomic mass is 16.5. The SMILES string of the molecule is CCc1ccccc1[C@H](CC(=O)OC)N[C@@H]1c2ccccc2C(=O)N1[C@@H]1CCC[C@@H](C)[C@@H]1C. The van der Waals surface area contributed by atoms with Gasteiger partial charge in [-0.05, 0) is 41.9 Å². The quantitative estimate of drug-likeness (QED) is 0.575. The third-order valence-corrected chi connectivity index (χ3v) is 7.79. The van der Waals surface area contributed by atoms with Crippen LogP contribution in [0.1, 0.15) is 85.7 Å². The number of hydrogen-bond donors (Lipinski definition) is 1. The summed E-state index contributed by atoms with van der Waals surface area (Å²) in [4.78, 5) is 28.2. The minimum atomic E-state index is -0.272. The van der Waals surface area contributed by atoms with Crippen molar-refractivity contribution in [3.8, 4) is 0 Å². The zero-order valence-electron chi connectivity index (χ0n) is 20.2. The third kappa shape index (κ3) is 4.56. The first-order chi connectivity index (χ1) is 16.0. The van der Waals surface area contributed by atoms with Crippen LogP contribution >= 0.6 is 0 Å². The van der Waals surface area contributed by atoms with Gasteiger partial charge in [-0.15, -0.1) is 0 Å². The zero-order chi connectivity index (χ0) is 23.5. The van der Waals surface area contributed by atoms with Gasteiger partial charge in [0.15, 0.2) is 0 Å². The molecule has 5 heteroatoms. The molecule has 2 aliphatic rings. The van der Waals surface area contributed by atoms with Crippen molar-refractivity contribution in [2.24, 2.45) is 11.8 Å². The second kappa shape index (κ2) is 10.1. The minimum Gasteiger partial charge on any atom is -0.469 e. The molecule has 1 aliphatic heterocycles. The molecule has 0 aromatic heterocycles. The van der Waals surface area contributed by atoms with E-state index in [1.165, 1.54) is 19.1 Å². The Morgan fingerprint density at radius 2 is 1.85 bits per heavy atom. The fourth-order valence-corrected chi connectivity index (χ4v) is 5.69. The minimum absolute atomic E-state index is 0.0923. The highest BCUT2D eigenvalue weighted by Crippen LogP contribution is 2.42. The van der Waals surface area contributed by atoms with Crippen LogP contribution < -0.4 is 5.32 Å². The Hall–Kier alpha value is -2.66. The summed E-state index contributed by atoms with van der Waals surface area (Å²) in [5.41, 5.74) is 4.05. The maximum absolute atomic E-state index is 13.7. The number of esters is 1. The highest BCUT2D eigenvalue weighted by Gasteiger charge is 2.45. The summed E-state index contributed by atoms with van der Waals surface area (Å²) in [5.74, 6) is 0.827. The van der Waals surface area contributed by atoms with Crippen LogP contribution in [0.4, 0.5) is 0 Å². The van der Waals surface area contributed by atoms with E-state index in [1.54, 1.807) is 0 Å². The van der Waals surface area contributed by atoms with E-state index in [4.69, 9.17) is 4.74 Å². The van der Waals surface area contributed by atoms with E-state index in [1.807, 2.05) is 36.4 Å². The van der Waals surface area contributed by atoms with E-state index in [-0.39, 0.29) is 36.5 Å². The molecule has 33 heavy (non-hydrogen) atoms. The average Bonchev–Trinajstić information content (AvgIpc) is 3.11. The average molecular weight is 449 g/mol. The first-order valence-corrected chi connectivity index (χ1v) is 12.3. The lowest BCUT2D eigenvalue weighted by molar-refractivity contribution is -0.141. The van der Waals surface area contributed by atoms with E-state index in [2.05, 4.69) is 43.1 Å². The van der Waals surface area contributed by atoms with Gasteiger partial charge in [-0.25, -0.2) is 0 Å². The number of carbonyl (C=O) groups excluding carboxylic acids is 2. The molecule has 1 heterocycles. The second-order valence-electron chi connectivity index (χ2n) is 9.59. The lowest BCUT2D eigenvalue weighted by Crippen LogP contribution is -2.50. The Morgan fingerprint density at radius 1 is 1.12 bits per heavy atom. The largest absolute Gasteiger partial charge is 0.469 e. The topological polar surface area (TPSA) is 58.6 Å². The molecule has 0 unspecified atom stereocenters. The molecule has 5 atom stereocenters. The summed E-state index contributed by atoms with van der Waals surface area (Å²) in [5, 5.41) is 3.75. The molecule has 2 aromatic carbocycles. The van der Waals surface area contributed by atoms with Crippen LogP contribution in [-0.2, 0) is 16.0 Å². The molecule has 1 saturated carbocycles. The van der Waals surface area contributed by atoms with Gasteiger partial charge >= 0.3 is 5.97 Å². The van der Waals surface area contributed by atoms with Crippen molar-refractivity contribution in [2.45, 2.75) is 71.1 Å². The first kappa shape index (κ1) is 23.5. The van der Waals surface area contributed by atoms with Gasteiger partial charge in [0.1, 0.15) is 6.17 Å². The lowest BCUT2D eigenvalue weighted by atomic mass is 9.77. The maximum Gasteiger partial charge on any atom is 0.307 e. The van der Waals surface area contributed by atoms with Gasteiger partial charge in [-0.1, -0.05) is 76.1 Å². The molecular weight excluding hydrogens is 412 g/mol. The number of nitrogens with zero attached hydrogens (tertiary/aromatic N) is 1. The van der Waals surface area contributed by atoms with Crippen molar-refractivity contribution in [2.75, 3.05) is 7.11 Å². The number of benzene rings is 2. The predicted octanol–water partition coefficient (Wildman–Crippen LogP) is 5.42. The van der Waals surface area contributed by atoms with Gasteiger partial charge in [-0.3, -0.25) is 14.9 Å². The normalized spacial score (nSPS) is 25.6. The summed E-state index contributed by atoms with van der Waals surface area (Å²) in [7, 11) is 1.43. The third-order valence-electron chi connectivity index (χ3n) is 7.79. The second-order valence-corrected chi connectivity index (χ2v) is 9.59. The Morgan fingerprint density at radius 3 is 2.61 bits per heavy atom. The van der Waals surface area contributed by atoms with Crippen LogP contribution in [0, 0.1) is 11.8 Å². The summed E-state index contributed by atoms with van der Waals surface area (Å²) >= 11 is 0. The van der Waals surface area contributed by atoms with E-state index in [0.717, 1.165) is 36.0 Å². The number of amides is 1. The van der Waals surface area contributed by atoms with Gasteiger partial charge in [-0.2, -0.15) is 0 Å². The molecule has 176 valence electrons. The molecule has 0 radical (unpaired) electrons. The summed E-state index contributed by atoms with van der Waals surface area (Å²) in [6.45, 7) is 6.70. The van der Waals surface area contributed by atoms with Gasteiger partial charge in [0.05, 0.1) is 13.5 Å². The van der Waals surface area contributed by atoms with Crippen LogP contribution in [0.5, 0.6) is 0 Å². The molecule has 1 amide bonds. The predicted molar refractivity (Wildman–Crippen MR) is 130 cm³/mol. The molecule has 2 aromatic rings. The van der Waals surface area contributed by atoms with Crippen molar-refractivity contribution in [1.82, 2.24) is 10.2 Å². The number of carbonyl (C=O) groups is 2. The molecule has 4 rings (SSSR count). The highest BCUT2D eigenvalue weighted by molar-refractivity contribution is 5.99. The Labute approximate surface area is 197 Å². The van der Waals surface area contributed by atoms with Crippen LogP contribution in [-0.4, -0.2) is 29.9 Å². The van der Waals surface area contributed by atoms with Crippen LogP contribution in [0.3, 0.4) is 0 Å². The molecule has 1 aliphatic carbocycles. The lowest BCUT2D eigenvalue weighted by Gasteiger charge is -2.43. The van der Waals surface area contributed by atoms with Gasteiger partial charge in [0, 0.05) is 23.2 Å². The number of aryl methyl sites for hydroxylation is 1. The van der Waals surface area contributed by atoms with Crippen molar-refractivity contribution in [3.05, 3.63) is 70.8 Å². The van der Waals surface area contributed by atoms with Crippen molar-refractivity contribution in [3.63, 3.8) is 0 Å². The fraction of sp³-hybridized carbons (Fsp3) is 0.500. The van der Waals surface area contributed by atoms with Crippen molar-refractivity contribution in [1.29, 1.82) is 0 Å². The first-order valence-electron chi connectivity index (χ1n) is 12.3. The van der Waals surface area contributed by atoms with Gasteiger partial charge < -0.3 is 9.64 Å². The fourth-order valence-electron chi connectivity index (χ4n) is 5.69. The number of ether oxygens (including phenoxy) is 1. The number of fused-ring (bicyclic) bond motifs is 1. The van der Waals surface area contributed by atoms with Gasteiger partial charge in [0.25, 0.3) is 5.91 Å². The molecule has 0 saturated heterocycles. The van der Waals surface area contributed by atoms with E-state index in [0.29, 0.717) is 11.8 Å². The summed E-state index contributed by atoms with van der Waals surface area (Å²) in [6, 6.07) is 16.1. The standard InChI is InChI=1S/C28H36N2O3/c1-5-20-12-6-7-13-21(20)24(17-26(31)33-4)29-27-22-14-8-9-15-23(22)28(32)30(27)25-16-10-11-18(2)19(25)3/h6-9,12-15,18-19,24-25,27,29H,5,10-11,16-17H2,1-4H3/t18-,19+,24+,25-,27+/m1/s1. The van der Waals surface area contributed by atoms with E-state index < -0.39 is 0 Å². The van der Waals surface area contributed by atoms with Crippen molar-refractivity contribution >= 4 is 11.9 Å². The molecule has 1 N–H and O–H groups in total. The zero-order valence-corrected chi connectivity index (χ0v) is 20.2. The molecule has 5 nitrogen and oxygen atoms in total. The summed E-state index contributed by atoms with van der Waals surface area (Å²) < 4.78 is 5.05. The Balaban J connectivity index is 1.74. The van der Waals surface area contributed by atoms with Gasteiger partial charge in [0.2, 0.25) is 0 Å². The summed E-state index contributed by atoms with van der Waals surface area (Å²) in [6.07, 6.45) is 4.16. The molecule has 0 spiro atoms. The van der Waals surface area contributed by atoms with Crippen LogP contribution in [0.2, 0.25) is 0 Å². The molecular formula is C28H36N2O3. The smallest absolute Gasteiger partial charge is 0.307 e. The van der Waals surface area contributed by atoms with E-state index >= 15 is 0 Å². The Bertz CT molecular complexity index is 1000. The Kier molecular flexibility index (Phi) is 7.18.